The monoisotopic (exact) mass is 403 g/mol. The first kappa shape index (κ1) is 21.6. The minimum Gasteiger partial charge on any atom is -0.451 e. The predicted octanol–water partition coefficient (Wildman–Crippen LogP) is 3.87. The van der Waals surface area contributed by atoms with Gasteiger partial charge in [0, 0.05) is 16.5 Å². The molecule has 2 aromatic rings. The Morgan fingerprint density at radius 1 is 1.04 bits per heavy atom. The van der Waals surface area contributed by atoms with Gasteiger partial charge in [-0.05, 0) is 57.2 Å². The largest absolute Gasteiger partial charge is 0.451 e. The molecule has 7 heteroatoms. The van der Waals surface area contributed by atoms with Crippen LogP contribution in [0.3, 0.4) is 0 Å². The topological polar surface area (TPSA) is 72.5 Å². The van der Waals surface area contributed by atoms with Crippen LogP contribution in [-0.2, 0) is 9.53 Å². The van der Waals surface area contributed by atoms with E-state index in [1.165, 1.54) is 43.0 Å². The van der Waals surface area contributed by atoms with Crippen LogP contribution in [0, 0.1) is 5.82 Å². The van der Waals surface area contributed by atoms with Gasteiger partial charge in [-0.2, -0.15) is 0 Å². The number of Topliss-reactive ketones (excluding diaryl/α,β-unsaturated/α-hetero) is 1. The van der Waals surface area contributed by atoms with Crippen LogP contribution in [0.15, 0.2) is 53.4 Å². The van der Waals surface area contributed by atoms with Gasteiger partial charge in [0.15, 0.2) is 6.10 Å². The summed E-state index contributed by atoms with van der Waals surface area (Å²) in [4.78, 5) is 37.3. The molecule has 0 bridgehead atoms. The first-order chi connectivity index (χ1) is 13.3. The van der Waals surface area contributed by atoms with Crippen LogP contribution in [0.4, 0.5) is 4.39 Å². The van der Waals surface area contributed by atoms with Crippen molar-refractivity contribution in [2.24, 2.45) is 0 Å². The molecule has 0 saturated heterocycles. The van der Waals surface area contributed by atoms with Crippen molar-refractivity contribution in [1.29, 1.82) is 0 Å². The Bertz CT molecular complexity index is 852. The van der Waals surface area contributed by atoms with E-state index in [9.17, 15) is 18.8 Å². The van der Waals surface area contributed by atoms with Gasteiger partial charge < -0.3 is 10.1 Å². The molecule has 0 aliphatic heterocycles. The smallest absolute Gasteiger partial charge is 0.339 e. The number of hydrogen-bond donors (Lipinski definition) is 1. The minimum atomic E-state index is -1.03. The number of halogens is 1. The lowest BCUT2D eigenvalue weighted by Gasteiger charge is -2.14. The van der Waals surface area contributed by atoms with Gasteiger partial charge in [-0.1, -0.05) is 12.1 Å². The summed E-state index contributed by atoms with van der Waals surface area (Å²) in [5.74, 6) is -1.51. The second kappa shape index (κ2) is 10.0. The molecule has 2 rings (SSSR count). The van der Waals surface area contributed by atoms with E-state index in [1.54, 1.807) is 24.3 Å². The molecule has 0 aliphatic carbocycles. The van der Waals surface area contributed by atoms with E-state index in [4.69, 9.17) is 4.74 Å². The SMILES string of the molecule is CC(C)NC(=O)CSc1ccccc1C(=O)O[C@H](C)C(=O)c1ccc(F)cc1. The molecule has 0 saturated carbocycles. The highest BCUT2D eigenvalue weighted by Crippen LogP contribution is 2.24. The van der Waals surface area contributed by atoms with Gasteiger partial charge in [-0.25, -0.2) is 9.18 Å². The van der Waals surface area contributed by atoms with E-state index in [-0.39, 0.29) is 28.8 Å². The number of rotatable bonds is 8. The summed E-state index contributed by atoms with van der Waals surface area (Å²) in [5.41, 5.74) is 0.540. The average Bonchev–Trinajstić information content (AvgIpc) is 2.66. The van der Waals surface area contributed by atoms with Crippen LogP contribution in [0.2, 0.25) is 0 Å². The first-order valence-electron chi connectivity index (χ1n) is 8.80. The standard InChI is InChI=1S/C21H22FNO4S/c1-13(2)23-19(24)12-28-18-7-5-4-6-17(18)21(26)27-14(3)20(25)15-8-10-16(22)11-9-15/h4-11,13-14H,12H2,1-3H3,(H,23,24)/t14-/m1/s1. The molecular weight excluding hydrogens is 381 g/mol. The molecule has 0 heterocycles. The lowest BCUT2D eigenvalue weighted by molar-refractivity contribution is -0.119. The first-order valence-corrected chi connectivity index (χ1v) is 9.78. The number of nitrogens with one attached hydrogen (secondary N) is 1. The number of amides is 1. The zero-order valence-electron chi connectivity index (χ0n) is 15.9. The van der Waals surface area contributed by atoms with E-state index < -0.39 is 23.7 Å². The van der Waals surface area contributed by atoms with Crippen LogP contribution < -0.4 is 5.32 Å². The molecule has 1 amide bonds. The van der Waals surface area contributed by atoms with Crippen LogP contribution >= 0.6 is 11.8 Å². The fraction of sp³-hybridized carbons (Fsp3) is 0.286. The van der Waals surface area contributed by atoms with Crippen molar-refractivity contribution < 1.29 is 23.5 Å². The van der Waals surface area contributed by atoms with E-state index >= 15 is 0 Å². The third kappa shape index (κ3) is 6.20. The van der Waals surface area contributed by atoms with Crippen molar-refractivity contribution in [1.82, 2.24) is 5.32 Å². The second-order valence-electron chi connectivity index (χ2n) is 6.43. The number of thioether (sulfide) groups is 1. The average molecular weight is 403 g/mol. The molecule has 0 aliphatic rings. The summed E-state index contributed by atoms with van der Waals surface area (Å²) in [6.45, 7) is 5.20. The summed E-state index contributed by atoms with van der Waals surface area (Å²) in [7, 11) is 0. The Kier molecular flexibility index (Phi) is 7.75. The van der Waals surface area contributed by atoms with Gasteiger partial charge in [0.25, 0.3) is 0 Å². The highest BCUT2D eigenvalue weighted by Gasteiger charge is 2.22. The molecular formula is C21H22FNO4S. The van der Waals surface area contributed by atoms with Gasteiger partial charge in [-0.15, -0.1) is 11.8 Å². The Morgan fingerprint density at radius 2 is 1.68 bits per heavy atom. The van der Waals surface area contributed by atoms with Gasteiger partial charge in [-0.3, -0.25) is 9.59 Å². The van der Waals surface area contributed by atoms with E-state index in [2.05, 4.69) is 5.32 Å². The normalized spacial score (nSPS) is 11.8. The number of carbonyl (C=O) groups is 3. The molecule has 0 fully saturated rings. The van der Waals surface area contributed by atoms with E-state index in [0.717, 1.165) is 0 Å². The molecule has 0 radical (unpaired) electrons. The molecule has 0 unspecified atom stereocenters. The molecule has 2 aromatic carbocycles. The van der Waals surface area contributed by atoms with Crippen molar-refractivity contribution in [3.05, 3.63) is 65.5 Å². The third-order valence-electron chi connectivity index (χ3n) is 3.70. The van der Waals surface area contributed by atoms with Crippen LogP contribution in [0.1, 0.15) is 41.5 Å². The molecule has 0 aromatic heterocycles. The Morgan fingerprint density at radius 3 is 2.32 bits per heavy atom. The van der Waals surface area contributed by atoms with Crippen LogP contribution in [0.5, 0.6) is 0 Å². The van der Waals surface area contributed by atoms with Crippen molar-refractivity contribution in [2.45, 2.75) is 37.8 Å². The molecule has 1 atom stereocenters. The highest BCUT2D eigenvalue weighted by atomic mass is 32.2. The molecule has 148 valence electrons. The maximum atomic E-state index is 13.0. The van der Waals surface area contributed by atoms with Crippen molar-refractivity contribution in [3.8, 4) is 0 Å². The summed E-state index contributed by atoms with van der Waals surface area (Å²) < 4.78 is 18.3. The minimum absolute atomic E-state index is 0.0339. The lowest BCUT2D eigenvalue weighted by Crippen LogP contribution is -2.31. The van der Waals surface area contributed by atoms with E-state index in [0.29, 0.717) is 4.90 Å². The number of ether oxygens (including phenoxy) is 1. The fourth-order valence-corrected chi connectivity index (χ4v) is 3.25. The van der Waals surface area contributed by atoms with Gasteiger partial charge >= 0.3 is 5.97 Å². The zero-order valence-corrected chi connectivity index (χ0v) is 16.7. The maximum Gasteiger partial charge on any atom is 0.339 e. The maximum absolute atomic E-state index is 13.0. The van der Waals surface area contributed by atoms with Crippen molar-refractivity contribution in [3.63, 3.8) is 0 Å². The molecule has 1 N–H and O–H groups in total. The number of benzene rings is 2. The highest BCUT2D eigenvalue weighted by molar-refractivity contribution is 8.00. The Labute approximate surface area is 167 Å². The van der Waals surface area contributed by atoms with Crippen LogP contribution in [0.25, 0.3) is 0 Å². The Balaban J connectivity index is 2.04. The van der Waals surface area contributed by atoms with E-state index in [1.807, 2.05) is 13.8 Å². The zero-order chi connectivity index (χ0) is 20.7. The van der Waals surface area contributed by atoms with Gasteiger partial charge in [0.05, 0.1) is 11.3 Å². The summed E-state index contributed by atoms with van der Waals surface area (Å²) >= 11 is 1.22. The summed E-state index contributed by atoms with van der Waals surface area (Å²) in [6.07, 6.45) is -1.03. The Hall–Kier alpha value is -2.67. The number of esters is 1. The predicted molar refractivity (Wildman–Crippen MR) is 106 cm³/mol. The number of hydrogen-bond acceptors (Lipinski definition) is 5. The third-order valence-corrected chi connectivity index (χ3v) is 4.77. The number of ketones is 1. The fourth-order valence-electron chi connectivity index (χ4n) is 2.39. The van der Waals surface area contributed by atoms with Gasteiger partial charge in [0.2, 0.25) is 11.7 Å². The number of carbonyl (C=O) groups excluding carboxylic acids is 3. The molecule has 0 spiro atoms. The second-order valence-corrected chi connectivity index (χ2v) is 7.44. The quantitative estimate of drug-likeness (QED) is 0.412. The van der Waals surface area contributed by atoms with Crippen molar-refractivity contribution in [2.75, 3.05) is 5.75 Å². The summed E-state index contributed by atoms with van der Waals surface area (Å²) in [6, 6.07) is 11.8. The lowest BCUT2D eigenvalue weighted by atomic mass is 10.1. The molecule has 28 heavy (non-hydrogen) atoms. The van der Waals surface area contributed by atoms with Crippen LogP contribution in [-0.4, -0.2) is 35.6 Å². The molecule has 5 nitrogen and oxygen atoms in total. The van der Waals surface area contributed by atoms with Gasteiger partial charge in [0.1, 0.15) is 5.82 Å². The summed E-state index contributed by atoms with van der Waals surface area (Å²) in [5, 5.41) is 2.78. The van der Waals surface area contributed by atoms with Crippen molar-refractivity contribution >= 4 is 29.4 Å².